The summed E-state index contributed by atoms with van der Waals surface area (Å²) in [6.45, 7) is 0. The molecule has 146 valence electrons. The van der Waals surface area contributed by atoms with Gasteiger partial charge in [0.25, 0.3) is 0 Å². The van der Waals surface area contributed by atoms with Crippen molar-refractivity contribution in [2.24, 2.45) is 7.05 Å². The molecule has 2 aromatic carbocycles. The summed E-state index contributed by atoms with van der Waals surface area (Å²) in [5.41, 5.74) is 3.16. The second kappa shape index (κ2) is 7.70. The number of hydrogen-bond acceptors (Lipinski definition) is 3. The van der Waals surface area contributed by atoms with Crippen molar-refractivity contribution in [3.8, 4) is 0 Å². The van der Waals surface area contributed by atoms with Crippen LogP contribution in [0.5, 0.6) is 0 Å². The third-order valence-electron chi connectivity index (χ3n) is 5.22. The number of nitrogens with zero attached hydrogens (tertiary/aromatic N) is 2. The summed E-state index contributed by atoms with van der Waals surface area (Å²) in [5.74, 6) is 0.615. The third kappa shape index (κ3) is 3.85. The number of fused-ring (bicyclic) bond motifs is 1. The van der Waals surface area contributed by atoms with E-state index in [4.69, 9.17) is 11.6 Å². The molecule has 0 saturated carbocycles. The number of aryl methyl sites for hydroxylation is 3. The number of aromatic nitrogens is 2. The first-order valence-corrected chi connectivity index (χ1v) is 11.2. The van der Waals surface area contributed by atoms with Gasteiger partial charge in [-0.25, -0.2) is 13.4 Å². The summed E-state index contributed by atoms with van der Waals surface area (Å²) < 4.78 is 31.1. The highest BCUT2D eigenvalue weighted by Crippen LogP contribution is 2.27. The first-order valence-electron chi connectivity index (χ1n) is 9.31. The number of hydrogen-bond donors (Lipinski definition) is 1. The average molecular weight is 416 g/mol. The van der Waals surface area contributed by atoms with E-state index in [1.165, 1.54) is 5.56 Å². The topological polar surface area (TPSA) is 64.0 Å². The van der Waals surface area contributed by atoms with E-state index in [2.05, 4.69) is 9.71 Å². The van der Waals surface area contributed by atoms with E-state index in [0.29, 0.717) is 15.7 Å². The highest BCUT2D eigenvalue weighted by Gasteiger charge is 2.26. The molecule has 1 heterocycles. The van der Waals surface area contributed by atoms with Gasteiger partial charge in [-0.3, -0.25) is 0 Å². The van der Waals surface area contributed by atoms with Gasteiger partial charge in [0.2, 0.25) is 10.0 Å². The van der Waals surface area contributed by atoms with E-state index in [0.717, 1.165) is 36.8 Å². The minimum atomic E-state index is -3.73. The Labute approximate surface area is 170 Å². The molecular formula is C21H22ClN3O2S. The molecule has 4 rings (SSSR count). The molecule has 3 aromatic rings. The minimum absolute atomic E-state index is 0.293. The van der Waals surface area contributed by atoms with Crippen LogP contribution in [-0.4, -0.2) is 18.0 Å². The van der Waals surface area contributed by atoms with Crippen molar-refractivity contribution in [2.75, 3.05) is 0 Å². The Morgan fingerprint density at radius 3 is 2.46 bits per heavy atom. The normalized spacial score (nSPS) is 15.2. The van der Waals surface area contributed by atoms with Crippen molar-refractivity contribution in [3.63, 3.8) is 0 Å². The largest absolute Gasteiger partial charge is 0.336 e. The van der Waals surface area contributed by atoms with Gasteiger partial charge in [-0.15, -0.1) is 0 Å². The summed E-state index contributed by atoms with van der Waals surface area (Å²) in [6, 6.07) is 12.0. The Balaban J connectivity index is 1.71. The summed E-state index contributed by atoms with van der Waals surface area (Å²) in [6.07, 6.45) is 7.67. The lowest BCUT2D eigenvalue weighted by molar-refractivity contribution is 0.562. The van der Waals surface area contributed by atoms with E-state index in [1.807, 2.05) is 35.9 Å². The molecule has 0 bridgehead atoms. The van der Waals surface area contributed by atoms with Crippen LogP contribution >= 0.6 is 11.6 Å². The highest BCUT2D eigenvalue weighted by atomic mass is 35.5. The van der Waals surface area contributed by atoms with Crippen LogP contribution in [0.4, 0.5) is 0 Å². The van der Waals surface area contributed by atoms with Gasteiger partial charge in [-0.1, -0.05) is 29.8 Å². The van der Waals surface area contributed by atoms with Crippen molar-refractivity contribution in [1.82, 2.24) is 14.3 Å². The van der Waals surface area contributed by atoms with Gasteiger partial charge >= 0.3 is 0 Å². The van der Waals surface area contributed by atoms with Crippen molar-refractivity contribution in [2.45, 2.75) is 36.6 Å². The van der Waals surface area contributed by atoms with Gasteiger partial charge in [0, 0.05) is 24.5 Å². The molecule has 0 saturated heterocycles. The van der Waals surface area contributed by atoms with Crippen LogP contribution in [0.3, 0.4) is 0 Å². The summed E-state index contributed by atoms with van der Waals surface area (Å²) in [7, 11) is -1.88. The smallest absolute Gasteiger partial charge is 0.241 e. The van der Waals surface area contributed by atoms with Crippen LogP contribution in [-0.2, 0) is 29.9 Å². The zero-order chi connectivity index (χ0) is 19.7. The van der Waals surface area contributed by atoms with E-state index in [9.17, 15) is 8.42 Å². The fraction of sp³-hybridized carbons (Fsp3) is 0.286. The molecule has 0 amide bonds. The zero-order valence-corrected chi connectivity index (χ0v) is 17.2. The van der Waals surface area contributed by atoms with Crippen LogP contribution in [0.15, 0.2) is 59.8 Å². The Hall–Kier alpha value is -2.15. The van der Waals surface area contributed by atoms with Gasteiger partial charge in [0.15, 0.2) is 0 Å². The van der Waals surface area contributed by atoms with E-state index < -0.39 is 16.1 Å². The standard InChI is InChI=1S/C21H22ClN3O2S/c1-25-13-12-23-21(25)20(16-6-9-18(22)10-7-16)24-28(26,27)19-11-8-15-4-2-3-5-17(15)14-19/h6-14,20,24H,2-5H2,1H3/t20-/m0/s1. The molecule has 7 heteroatoms. The number of benzene rings is 2. The van der Waals surface area contributed by atoms with E-state index in [-0.39, 0.29) is 0 Å². The molecule has 0 spiro atoms. The Morgan fingerprint density at radius 1 is 1.07 bits per heavy atom. The molecular weight excluding hydrogens is 394 g/mol. The maximum atomic E-state index is 13.2. The summed E-state index contributed by atoms with van der Waals surface area (Å²) in [5, 5.41) is 0.597. The lowest BCUT2D eigenvalue weighted by Gasteiger charge is -2.21. The van der Waals surface area contributed by atoms with Gasteiger partial charge in [0.05, 0.1) is 4.90 Å². The molecule has 0 radical (unpaired) electrons. The van der Waals surface area contributed by atoms with Gasteiger partial charge in [-0.05, 0) is 66.6 Å². The van der Waals surface area contributed by atoms with E-state index in [1.54, 1.807) is 30.6 Å². The van der Waals surface area contributed by atoms with Crippen LogP contribution in [0.2, 0.25) is 5.02 Å². The molecule has 0 unspecified atom stereocenters. The third-order valence-corrected chi connectivity index (χ3v) is 6.90. The maximum absolute atomic E-state index is 13.2. The van der Waals surface area contributed by atoms with Crippen LogP contribution < -0.4 is 4.72 Å². The fourth-order valence-electron chi connectivity index (χ4n) is 3.68. The lowest BCUT2D eigenvalue weighted by atomic mass is 9.92. The van der Waals surface area contributed by atoms with Crippen LogP contribution in [0, 0.1) is 0 Å². The zero-order valence-electron chi connectivity index (χ0n) is 15.6. The molecule has 28 heavy (non-hydrogen) atoms. The number of halogens is 1. The lowest BCUT2D eigenvalue weighted by Crippen LogP contribution is -2.31. The van der Waals surface area contributed by atoms with Gasteiger partial charge < -0.3 is 4.57 Å². The molecule has 1 N–H and O–H groups in total. The Kier molecular flexibility index (Phi) is 5.27. The summed E-state index contributed by atoms with van der Waals surface area (Å²) >= 11 is 6.01. The van der Waals surface area contributed by atoms with Gasteiger partial charge in [-0.2, -0.15) is 4.72 Å². The van der Waals surface area contributed by atoms with Crippen LogP contribution in [0.1, 0.15) is 41.4 Å². The molecule has 5 nitrogen and oxygen atoms in total. The molecule has 1 aromatic heterocycles. The molecule has 1 atom stereocenters. The van der Waals surface area contributed by atoms with Crippen molar-refractivity contribution in [1.29, 1.82) is 0 Å². The van der Waals surface area contributed by atoms with Crippen molar-refractivity contribution in [3.05, 3.63) is 82.4 Å². The van der Waals surface area contributed by atoms with Crippen LogP contribution in [0.25, 0.3) is 0 Å². The number of imidazole rings is 1. The quantitative estimate of drug-likeness (QED) is 0.684. The Morgan fingerprint density at radius 2 is 1.79 bits per heavy atom. The summed E-state index contributed by atoms with van der Waals surface area (Å²) in [4.78, 5) is 4.66. The van der Waals surface area contributed by atoms with Gasteiger partial charge in [0.1, 0.15) is 11.9 Å². The van der Waals surface area contributed by atoms with E-state index >= 15 is 0 Å². The molecule has 1 aliphatic rings. The second-order valence-corrected chi connectivity index (χ2v) is 9.29. The van der Waals surface area contributed by atoms with Crippen molar-refractivity contribution >= 4 is 21.6 Å². The highest BCUT2D eigenvalue weighted by molar-refractivity contribution is 7.89. The number of rotatable bonds is 5. The predicted molar refractivity (Wildman–Crippen MR) is 110 cm³/mol. The average Bonchev–Trinajstić information content (AvgIpc) is 3.12. The Bertz CT molecular complexity index is 1090. The maximum Gasteiger partial charge on any atom is 0.241 e. The minimum Gasteiger partial charge on any atom is -0.336 e. The first kappa shape index (κ1) is 19.2. The second-order valence-electron chi connectivity index (χ2n) is 7.14. The fourth-order valence-corrected chi connectivity index (χ4v) is 5.04. The monoisotopic (exact) mass is 415 g/mol. The van der Waals surface area contributed by atoms with Crippen molar-refractivity contribution < 1.29 is 8.42 Å². The molecule has 0 aliphatic heterocycles. The first-order chi connectivity index (χ1) is 13.4. The molecule has 0 fully saturated rings. The SMILES string of the molecule is Cn1ccnc1[C@@H](NS(=O)(=O)c1ccc2c(c1)CCCC2)c1ccc(Cl)cc1. The predicted octanol–water partition coefficient (Wildman–Crippen LogP) is 4.02. The molecule has 1 aliphatic carbocycles. The number of sulfonamides is 1. The number of nitrogens with one attached hydrogen (secondary N) is 1.